The molecule has 0 saturated carbocycles. The molecule has 124 valence electrons. The van der Waals surface area contributed by atoms with Gasteiger partial charge in [0, 0.05) is 39.3 Å². The van der Waals surface area contributed by atoms with E-state index in [-0.39, 0.29) is 0 Å². The summed E-state index contributed by atoms with van der Waals surface area (Å²) in [7, 11) is -3.28. The molecule has 0 radical (unpaired) electrons. The molecule has 0 spiro atoms. The van der Waals surface area contributed by atoms with Gasteiger partial charge in [-0.15, -0.1) is 0 Å². The Balaban J connectivity index is 1.74. The minimum absolute atomic E-state index is 0.522. The summed E-state index contributed by atoms with van der Waals surface area (Å²) in [5.74, 6) is 2.08. The van der Waals surface area contributed by atoms with Gasteiger partial charge in [-0.25, -0.2) is 4.72 Å². The largest absolute Gasteiger partial charge is 0.302 e. The Morgan fingerprint density at radius 1 is 1.00 bits per heavy atom. The predicted molar refractivity (Wildman–Crippen MR) is 86.3 cm³/mol. The Bertz CT molecular complexity index is 409. The molecule has 0 aliphatic carbocycles. The fourth-order valence-electron chi connectivity index (χ4n) is 3.62. The first kappa shape index (κ1) is 17.2. The van der Waals surface area contributed by atoms with E-state index in [1.807, 2.05) is 0 Å². The van der Waals surface area contributed by atoms with Crippen molar-refractivity contribution in [3.05, 3.63) is 0 Å². The van der Waals surface area contributed by atoms with Crippen molar-refractivity contribution in [2.24, 2.45) is 17.8 Å². The molecule has 0 unspecified atom stereocenters. The molecular weight excluding hydrogens is 286 g/mol. The molecule has 0 aromatic rings. The summed E-state index contributed by atoms with van der Waals surface area (Å²) in [4.78, 5) is 2.39. The van der Waals surface area contributed by atoms with Gasteiger partial charge < -0.3 is 4.90 Å². The van der Waals surface area contributed by atoms with Gasteiger partial charge in [-0.1, -0.05) is 20.8 Å². The zero-order valence-corrected chi connectivity index (χ0v) is 14.5. The van der Waals surface area contributed by atoms with Gasteiger partial charge in [-0.3, -0.25) is 0 Å². The van der Waals surface area contributed by atoms with Gasteiger partial charge in [0.15, 0.2) is 0 Å². The van der Waals surface area contributed by atoms with Crippen LogP contribution in [0.2, 0.25) is 0 Å². The average Bonchev–Trinajstić information content (AvgIpc) is 2.37. The smallest absolute Gasteiger partial charge is 0.279 e. The molecule has 2 saturated heterocycles. The van der Waals surface area contributed by atoms with Crippen LogP contribution < -0.4 is 4.72 Å². The van der Waals surface area contributed by atoms with Gasteiger partial charge in [0.2, 0.25) is 0 Å². The minimum Gasteiger partial charge on any atom is -0.302 e. The number of likely N-dealkylation sites (tertiary alicyclic amines) is 1. The van der Waals surface area contributed by atoms with Gasteiger partial charge >= 0.3 is 0 Å². The van der Waals surface area contributed by atoms with E-state index in [2.05, 4.69) is 30.4 Å². The lowest BCUT2D eigenvalue weighted by Crippen LogP contribution is -2.48. The van der Waals surface area contributed by atoms with E-state index >= 15 is 0 Å². The number of nitrogens with one attached hydrogen (secondary N) is 1. The Morgan fingerprint density at radius 2 is 1.57 bits per heavy atom. The molecule has 0 aromatic carbocycles. The number of rotatable bonds is 5. The van der Waals surface area contributed by atoms with Crippen LogP contribution in [0.4, 0.5) is 0 Å². The lowest BCUT2D eigenvalue weighted by molar-refractivity contribution is 0.143. The first-order chi connectivity index (χ1) is 9.87. The van der Waals surface area contributed by atoms with E-state index in [4.69, 9.17) is 0 Å². The highest BCUT2D eigenvalue weighted by atomic mass is 32.2. The normalized spacial score (nSPS) is 30.6. The second-order valence-electron chi connectivity index (χ2n) is 7.19. The second kappa shape index (κ2) is 7.40. The first-order valence-corrected chi connectivity index (χ1v) is 9.78. The third-order valence-corrected chi connectivity index (χ3v) is 6.35. The molecule has 1 N–H and O–H groups in total. The number of piperidine rings is 2. The Kier molecular flexibility index (Phi) is 6.05. The van der Waals surface area contributed by atoms with Crippen LogP contribution in [0.3, 0.4) is 0 Å². The molecule has 5 nitrogen and oxygen atoms in total. The minimum atomic E-state index is -3.28. The van der Waals surface area contributed by atoms with Crippen molar-refractivity contribution in [2.75, 3.05) is 39.3 Å². The van der Waals surface area contributed by atoms with Crippen LogP contribution in [-0.4, -0.2) is 56.9 Å². The molecule has 2 rings (SSSR count). The van der Waals surface area contributed by atoms with Crippen LogP contribution >= 0.6 is 0 Å². The number of nitrogens with zero attached hydrogens (tertiary/aromatic N) is 2. The monoisotopic (exact) mass is 317 g/mol. The zero-order chi connectivity index (χ0) is 15.5. The first-order valence-electron chi connectivity index (χ1n) is 8.34. The maximum atomic E-state index is 12.3. The van der Waals surface area contributed by atoms with E-state index in [9.17, 15) is 8.42 Å². The van der Waals surface area contributed by atoms with E-state index in [1.54, 1.807) is 4.31 Å². The standard InChI is InChI=1S/C15H31N3O2S/c1-13-4-7-18(8-5-13)21(19,20)16-6-9-17-11-14(2)10-15(3)12-17/h13-16H,4-12H2,1-3H3/t14-,15+. The zero-order valence-electron chi connectivity index (χ0n) is 13.7. The molecule has 0 amide bonds. The molecule has 2 aliphatic heterocycles. The fraction of sp³-hybridized carbons (Fsp3) is 1.00. The van der Waals surface area contributed by atoms with Crippen LogP contribution in [0.1, 0.15) is 40.0 Å². The second-order valence-corrected chi connectivity index (χ2v) is 8.94. The van der Waals surface area contributed by atoms with Crippen LogP contribution in [0, 0.1) is 17.8 Å². The fourth-order valence-corrected chi connectivity index (χ4v) is 4.85. The third-order valence-electron chi connectivity index (χ3n) is 4.74. The highest BCUT2D eigenvalue weighted by molar-refractivity contribution is 7.87. The van der Waals surface area contributed by atoms with Crippen LogP contribution in [0.5, 0.6) is 0 Å². The van der Waals surface area contributed by atoms with E-state index in [0.29, 0.717) is 37.4 Å². The van der Waals surface area contributed by atoms with Crippen molar-refractivity contribution in [2.45, 2.75) is 40.0 Å². The topological polar surface area (TPSA) is 52.7 Å². The lowest BCUT2D eigenvalue weighted by Gasteiger charge is -2.35. The highest BCUT2D eigenvalue weighted by Crippen LogP contribution is 2.20. The Hall–Kier alpha value is -0.170. The lowest BCUT2D eigenvalue weighted by atomic mass is 9.92. The molecular formula is C15H31N3O2S. The SMILES string of the molecule is CC1CCN(S(=O)(=O)NCCN2C[C@H](C)C[C@H](C)C2)CC1. The predicted octanol–water partition coefficient (Wildman–Crippen LogP) is 1.53. The molecule has 2 atom stereocenters. The summed E-state index contributed by atoms with van der Waals surface area (Å²) < 4.78 is 28.9. The van der Waals surface area contributed by atoms with Crippen molar-refractivity contribution in [3.63, 3.8) is 0 Å². The van der Waals surface area contributed by atoms with Crippen LogP contribution in [0.15, 0.2) is 0 Å². The van der Waals surface area contributed by atoms with Gasteiger partial charge in [-0.2, -0.15) is 12.7 Å². The Labute approximate surface area is 130 Å². The number of hydrogen-bond donors (Lipinski definition) is 1. The van der Waals surface area contributed by atoms with Gasteiger partial charge in [-0.05, 0) is 37.0 Å². The molecule has 6 heteroatoms. The van der Waals surface area contributed by atoms with Crippen LogP contribution in [0.25, 0.3) is 0 Å². The summed E-state index contributed by atoms with van der Waals surface area (Å²) >= 11 is 0. The Morgan fingerprint density at radius 3 is 2.14 bits per heavy atom. The van der Waals surface area contributed by atoms with Gasteiger partial charge in [0.05, 0.1) is 0 Å². The maximum Gasteiger partial charge on any atom is 0.279 e. The van der Waals surface area contributed by atoms with Crippen molar-refractivity contribution in [1.29, 1.82) is 0 Å². The molecule has 2 fully saturated rings. The number of hydrogen-bond acceptors (Lipinski definition) is 3. The van der Waals surface area contributed by atoms with Crippen LogP contribution in [-0.2, 0) is 10.2 Å². The summed E-state index contributed by atoms with van der Waals surface area (Å²) in [6.07, 6.45) is 3.23. The van der Waals surface area contributed by atoms with Crippen molar-refractivity contribution in [3.8, 4) is 0 Å². The third kappa shape index (κ3) is 5.20. The summed E-state index contributed by atoms with van der Waals surface area (Å²) in [5.41, 5.74) is 0. The average molecular weight is 317 g/mol. The van der Waals surface area contributed by atoms with Crippen molar-refractivity contribution >= 4 is 10.2 Å². The summed E-state index contributed by atoms with van der Waals surface area (Å²) in [6.45, 7) is 11.6. The molecule has 2 aliphatic rings. The van der Waals surface area contributed by atoms with E-state index < -0.39 is 10.2 Å². The summed E-state index contributed by atoms with van der Waals surface area (Å²) in [6, 6.07) is 0. The van der Waals surface area contributed by atoms with E-state index in [0.717, 1.165) is 32.5 Å². The highest BCUT2D eigenvalue weighted by Gasteiger charge is 2.26. The van der Waals surface area contributed by atoms with Crippen molar-refractivity contribution in [1.82, 2.24) is 13.9 Å². The van der Waals surface area contributed by atoms with Gasteiger partial charge in [0.25, 0.3) is 10.2 Å². The van der Waals surface area contributed by atoms with Gasteiger partial charge in [0.1, 0.15) is 0 Å². The van der Waals surface area contributed by atoms with E-state index in [1.165, 1.54) is 6.42 Å². The summed E-state index contributed by atoms with van der Waals surface area (Å²) in [5, 5.41) is 0. The maximum absolute atomic E-state index is 12.3. The van der Waals surface area contributed by atoms with Crippen molar-refractivity contribution < 1.29 is 8.42 Å². The molecule has 0 aromatic heterocycles. The molecule has 0 bridgehead atoms. The quantitative estimate of drug-likeness (QED) is 0.837. The molecule has 21 heavy (non-hydrogen) atoms. The molecule has 2 heterocycles.